The lowest BCUT2D eigenvalue weighted by Crippen LogP contribution is -2.57. The van der Waals surface area contributed by atoms with Gasteiger partial charge < -0.3 is 0 Å². The molecule has 0 aromatic carbocycles. The number of amides is 1. The summed E-state index contributed by atoms with van der Waals surface area (Å²) in [6.07, 6.45) is 3.19. The van der Waals surface area contributed by atoms with Crippen LogP contribution in [0.1, 0.15) is 0 Å². The van der Waals surface area contributed by atoms with E-state index in [1.807, 2.05) is 0 Å². The summed E-state index contributed by atoms with van der Waals surface area (Å²) in [6.45, 7) is 0.657. The SMILES string of the molecule is O=C1NNCC2N=CC=NC12. The molecule has 0 spiro atoms. The van der Waals surface area contributed by atoms with E-state index < -0.39 is 0 Å². The number of carbonyl (C=O) groups is 1. The van der Waals surface area contributed by atoms with Crippen LogP contribution in [0.3, 0.4) is 0 Å². The van der Waals surface area contributed by atoms with Crippen molar-refractivity contribution in [1.82, 2.24) is 10.9 Å². The Morgan fingerprint density at radius 2 is 2.27 bits per heavy atom. The van der Waals surface area contributed by atoms with Crippen LogP contribution in [0.4, 0.5) is 0 Å². The fraction of sp³-hybridized carbons (Fsp3) is 0.500. The minimum Gasteiger partial charge on any atom is -0.290 e. The van der Waals surface area contributed by atoms with Crippen LogP contribution in [0.2, 0.25) is 0 Å². The van der Waals surface area contributed by atoms with E-state index in [4.69, 9.17) is 0 Å². The molecule has 0 saturated carbocycles. The molecule has 2 aliphatic heterocycles. The first kappa shape index (κ1) is 6.48. The van der Waals surface area contributed by atoms with Crippen molar-refractivity contribution >= 4 is 18.3 Å². The molecule has 5 heteroatoms. The zero-order valence-electron chi connectivity index (χ0n) is 5.82. The van der Waals surface area contributed by atoms with Crippen molar-refractivity contribution in [1.29, 1.82) is 0 Å². The molecular weight excluding hydrogens is 144 g/mol. The van der Waals surface area contributed by atoms with Crippen molar-refractivity contribution in [2.24, 2.45) is 9.98 Å². The summed E-state index contributed by atoms with van der Waals surface area (Å²) < 4.78 is 0. The van der Waals surface area contributed by atoms with Crippen LogP contribution < -0.4 is 10.9 Å². The van der Waals surface area contributed by atoms with Crippen molar-refractivity contribution in [3.05, 3.63) is 0 Å². The van der Waals surface area contributed by atoms with Crippen molar-refractivity contribution in [2.75, 3.05) is 6.54 Å². The predicted molar refractivity (Wildman–Crippen MR) is 40.7 cm³/mol. The molecule has 2 heterocycles. The van der Waals surface area contributed by atoms with E-state index in [9.17, 15) is 4.79 Å². The predicted octanol–water partition coefficient (Wildman–Crippen LogP) is -1.49. The summed E-state index contributed by atoms with van der Waals surface area (Å²) >= 11 is 0. The molecule has 58 valence electrons. The van der Waals surface area contributed by atoms with Gasteiger partial charge in [-0.1, -0.05) is 0 Å². The zero-order valence-corrected chi connectivity index (χ0v) is 5.82. The van der Waals surface area contributed by atoms with Crippen molar-refractivity contribution in [3.8, 4) is 0 Å². The van der Waals surface area contributed by atoms with Crippen LogP contribution in [-0.2, 0) is 4.79 Å². The monoisotopic (exact) mass is 152 g/mol. The van der Waals surface area contributed by atoms with Gasteiger partial charge in [-0.15, -0.1) is 0 Å². The molecule has 2 N–H and O–H groups in total. The number of hydrazine groups is 1. The van der Waals surface area contributed by atoms with Gasteiger partial charge in [0.05, 0.1) is 6.04 Å². The molecule has 1 fully saturated rings. The molecule has 0 aromatic rings. The van der Waals surface area contributed by atoms with Crippen LogP contribution in [0.5, 0.6) is 0 Å². The minimum atomic E-state index is -0.318. The Balaban J connectivity index is 2.20. The number of carbonyl (C=O) groups excluding carboxylic acids is 1. The van der Waals surface area contributed by atoms with Crippen LogP contribution in [0.25, 0.3) is 0 Å². The van der Waals surface area contributed by atoms with Crippen molar-refractivity contribution in [3.63, 3.8) is 0 Å². The molecule has 1 amide bonds. The van der Waals surface area contributed by atoms with Gasteiger partial charge in [-0.2, -0.15) is 0 Å². The highest BCUT2D eigenvalue weighted by Crippen LogP contribution is 2.07. The molecule has 2 unspecified atom stereocenters. The molecule has 5 nitrogen and oxygen atoms in total. The van der Waals surface area contributed by atoms with Crippen LogP contribution in [-0.4, -0.2) is 37.0 Å². The summed E-state index contributed by atoms with van der Waals surface area (Å²) in [4.78, 5) is 19.2. The zero-order chi connectivity index (χ0) is 7.68. The van der Waals surface area contributed by atoms with Gasteiger partial charge >= 0.3 is 0 Å². The van der Waals surface area contributed by atoms with E-state index in [1.54, 1.807) is 12.4 Å². The topological polar surface area (TPSA) is 65.8 Å². The van der Waals surface area contributed by atoms with Gasteiger partial charge in [0.15, 0.2) is 6.04 Å². The lowest BCUT2D eigenvalue weighted by molar-refractivity contribution is -0.125. The Labute approximate surface area is 63.6 Å². The number of nitrogens with zero attached hydrogens (tertiary/aromatic N) is 2. The van der Waals surface area contributed by atoms with E-state index in [0.717, 1.165) is 0 Å². The van der Waals surface area contributed by atoms with E-state index >= 15 is 0 Å². The molecule has 2 rings (SSSR count). The first-order chi connectivity index (χ1) is 5.38. The van der Waals surface area contributed by atoms with Gasteiger partial charge in [0.25, 0.3) is 5.91 Å². The number of hydrogen-bond acceptors (Lipinski definition) is 4. The average Bonchev–Trinajstić information content (AvgIpc) is 2.06. The Morgan fingerprint density at radius 3 is 3.09 bits per heavy atom. The van der Waals surface area contributed by atoms with Crippen LogP contribution >= 0.6 is 0 Å². The lowest BCUT2D eigenvalue weighted by Gasteiger charge is -2.27. The van der Waals surface area contributed by atoms with Crippen LogP contribution in [0.15, 0.2) is 9.98 Å². The summed E-state index contributed by atoms with van der Waals surface area (Å²) in [5.74, 6) is -0.102. The Bertz CT molecular complexity index is 235. The van der Waals surface area contributed by atoms with E-state index in [2.05, 4.69) is 20.8 Å². The smallest absolute Gasteiger partial charge is 0.261 e. The third kappa shape index (κ3) is 1.03. The second kappa shape index (κ2) is 2.43. The van der Waals surface area contributed by atoms with Gasteiger partial charge in [0, 0.05) is 19.0 Å². The maximum absolute atomic E-state index is 11.1. The second-order valence-electron chi connectivity index (χ2n) is 2.48. The molecule has 0 radical (unpaired) electrons. The molecule has 2 aliphatic rings. The Morgan fingerprint density at radius 1 is 1.45 bits per heavy atom. The first-order valence-corrected chi connectivity index (χ1v) is 3.45. The van der Waals surface area contributed by atoms with Crippen molar-refractivity contribution in [2.45, 2.75) is 12.1 Å². The Kier molecular flexibility index (Phi) is 1.43. The van der Waals surface area contributed by atoms with Gasteiger partial charge in [-0.05, 0) is 0 Å². The van der Waals surface area contributed by atoms with Gasteiger partial charge in [-0.25, -0.2) is 5.43 Å². The van der Waals surface area contributed by atoms with E-state index in [-0.39, 0.29) is 18.0 Å². The number of hydrogen-bond donors (Lipinski definition) is 2. The number of rotatable bonds is 0. The highest BCUT2D eigenvalue weighted by molar-refractivity contribution is 6.17. The second-order valence-corrected chi connectivity index (χ2v) is 2.48. The van der Waals surface area contributed by atoms with E-state index in [0.29, 0.717) is 6.54 Å². The number of aliphatic imine (C=N–C) groups is 2. The summed E-state index contributed by atoms with van der Waals surface area (Å²) in [5, 5.41) is 0. The van der Waals surface area contributed by atoms with Gasteiger partial charge in [0.2, 0.25) is 0 Å². The molecular formula is C6H8N4O. The maximum Gasteiger partial charge on any atom is 0.261 e. The summed E-state index contributed by atoms with van der Waals surface area (Å²) in [7, 11) is 0. The average molecular weight is 152 g/mol. The van der Waals surface area contributed by atoms with Gasteiger partial charge in [0.1, 0.15) is 0 Å². The number of nitrogens with one attached hydrogen (secondary N) is 2. The molecule has 0 bridgehead atoms. The normalized spacial score (nSPS) is 34.7. The Hall–Kier alpha value is -1.23. The lowest BCUT2D eigenvalue weighted by atomic mass is 10.1. The van der Waals surface area contributed by atoms with Gasteiger partial charge in [-0.3, -0.25) is 20.2 Å². The van der Waals surface area contributed by atoms with E-state index in [1.165, 1.54) is 0 Å². The molecule has 0 aromatic heterocycles. The highest BCUT2D eigenvalue weighted by atomic mass is 16.2. The maximum atomic E-state index is 11.1. The summed E-state index contributed by atoms with van der Waals surface area (Å²) in [6, 6.07) is -0.338. The highest BCUT2D eigenvalue weighted by Gasteiger charge is 2.31. The molecule has 1 saturated heterocycles. The third-order valence-electron chi connectivity index (χ3n) is 1.75. The fourth-order valence-electron chi connectivity index (χ4n) is 1.18. The fourth-order valence-corrected chi connectivity index (χ4v) is 1.18. The first-order valence-electron chi connectivity index (χ1n) is 3.45. The molecule has 0 aliphatic carbocycles. The quantitative estimate of drug-likeness (QED) is 0.444. The van der Waals surface area contributed by atoms with Crippen LogP contribution in [0, 0.1) is 0 Å². The molecule has 2 atom stereocenters. The standard InChI is InChI=1S/C6H8N4O/c11-6-5-4(3-9-10-6)7-1-2-8-5/h1-2,4-5,9H,3H2,(H,10,11). The largest absolute Gasteiger partial charge is 0.290 e. The number of fused-ring (bicyclic) bond motifs is 1. The molecule has 11 heavy (non-hydrogen) atoms. The minimum absolute atomic E-state index is 0.0197. The summed E-state index contributed by atoms with van der Waals surface area (Å²) in [5.41, 5.74) is 5.25. The van der Waals surface area contributed by atoms with Crippen molar-refractivity contribution < 1.29 is 4.79 Å². The third-order valence-corrected chi connectivity index (χ3v) is 1.75.